The molecule has 3 nitrogen and oxygen atoms in total. The number of nitrogens with zero attached hydrogens (tertiary/aromatic N) is 1. The third kappa shape index (κ3) is 4.47. The van der Waals surface area contributed by atoms with Crippen LogP contribution in [-0.4, -0.2) is 36.0 Å². The van der Waals surface area contributed by atoms with Gasteiger partial charge in [-0.3, -0.25) is 4.79 Å². The Morgan fingerprint density at radius 3 is 2.50 bits per heavy atom. The second-order valence-electron chi connectivity index (χ2n) is 6.77. The van der Waals surface area contributed by atoms with Crippen LogP contribution < -0.4 is 5.32 Å². The molecule has 1 aliphatic heterocycles. The maximum atomic E-state index is 12.5. The van der Waals surface area contributed by atoms with Crippen LogP contribution in [0, 0.1) is 5.92 Å². The minimum atomic E-state index is -0.00583. The molecule has 116 valence electrons. The summed E-state index contributed by atoms with van der Waals surface area (Å²) in [5, 5.41) is 3.61. The van der Waals surface area contributed by atoms with E-state index in [4.69, 9.17) is 0 Å². The molecular weight excluding hydrogens is 248 g/mol. The lowest BCUT2D eigenvalue weighted by molar-refractivity contribution is -0.133. The van der Waals surface area contributed by atoms with Gasteiger partial charge in [-0.25, -0.2) is 0 Å². The van der Waals surface area contributed by atoms with Crippen molar-refractivity contribution in [3.05, 3.63) is 0 Å². The molecule has 2 fully saturated rings. The average molecular weight is 280 g/mol. The second-order valence-corrected chi connectivity index (χ2v) is 6.77. The van der Waals surface area contributed by atoms with Gasteiger partial charge in [0.25, 0.3) is 0 Å². The minimum absolute atomic E-state index is 0.00583. The van der Waals surface area contributed by atoms with Crippen molar-refractivity contribution < 1.29 is 4.79 Å². The first kappa shape index (κ1) is 15.8. The van der Waals surface area contributed by atoms with Crippen molar-refractivity contribution in [2.24, 2.45) is 5.92 Å². The molecular formula is C17H32N2O. The van der Waals surface area contributed by atoms with Crippen LogP contribution >= 0.6 is 0 Å². The smallest absolute Gasteiger partial charge is 0.239 e. The van der Waals surface area contributed by atoms with E-state index in [1.807, 2.05) is 0 Å². The Hall–Kier alpha value is -0.570. The molecule has 1 heterocycles. The Kier molecular flexibility index (Phi) is 6.34. The average Bonchev–Trinajstić information content (AvgIpc) is 2.75. The minimum Gasteiger partial charge on any atom is -0.341 e. The van der Waals surface area contributed by atoms with Crippen molar-refractivity contribution in [1.29, 1.82) is 0 Å². The van der Waals surface area contributed by atoms with Gasteiger partial charge >= 0.3 is 0 Å². The topological polar surface area (TPSA) is 32.3 Å². The van der Waals surface area contributed by atoms with Gasteiger partial charge in [0.1, 0.15) is 0 Å². The summed E-state index contributed by atoms with van der Waals surface area (Å²) in [6, 6.07) is 0.549. The molecule has 3 unspecified atom stereocenters. The van der Waals surface area contributed by atoms with E-state index in [1.54, 1.807) is 0 Å². The summed E-state index contributed by atoms with van der Waals surface area (Å²) in [5.74, 6) is 1.19. The quantitative estimate of drug-likeness (QED) is 0.856. The number of hydrogen-bond acceptors (Lipinski definition) is 2. The standard InChI is InChI=1S/C17H32N2O/c1-3-15-9-8-10-16(13-15)18-14(2)17(20)19-11-6-4-5-7-12-19/h14-16,18H,3-13H2,1-2H3. The van der Waals surface area contributed by atoms with Crippen LogP contribution in [0.3, 0.4) is 0 Å². The fourth-order valence-electron chi connectivity index (χ4n) is 3.80. The van der Waals surface area contributed by atoms with Crippen molar-refractivity contribution in [3.8, 4) is 0 Å². The highest BCUT2D eigenvalue weighted by atomic mass is 16.2. The van der Waals surface area contributed by atoms with E-state index < -0.39 is 0 Å². The lowest BCUT2D eigenvalue weighted by Crippen LogP contribution is -2.49. The zero-order chi connectivity index (χ0) is 14.4. The van der Waals surface area contributed by atoms with E-state index in [1.165, 1.54) is 57.8 Å². The first-order chi connectivity index (χ1) is 9.70. The highest BCUT2D eigenvalue weighted by molar-refractivity contribution is 5.81. The summed E-state index contributed by atoms with van der Waals surface area (Å²) in [7, 11) is 0. The Labute approximate surface area is 124 Å². The fourth-order valence-corrected chi connectivity index (χ4v) is 3.80. The third-order valence-electron chi connectivity index (χ3n) is 5.13. The molecule has 0 aromatic carbocycles. The van der Waals surface area contributed by atoms with Crippen LogP contribution in [0.5, 0.6) is 0 Å². The predicted molar refractivity (Wildman–Crippen MR) is 83.7 cm³/mol. The summed E-state index contributed by atoms with van der Waals surface area (Å²) in [4.78, 5) is 14.6. The first-order valence-corrected chi connectivity index (χ1v) is 8.75. The zero-order valence-electron chi connectivity index (χ0n) is 13.4. The molecule has 2 aliphatic rings. The second kappa shape index (κ2) is 8.02. The highest BCUT2D eigenvalue weighted by Gasteiger charge is 2.26. The number of likely N-dealkylation sites (tertiary alicyclic amines) is 1. The Morgan fingerprint density at radius 2 is 1.85 bits per heavy atom. The van der Waals surface area contributed by atoms with Crippen molar-refractivity contribution in [3.63, 3.8) is 0 Å². The Balaban J connectivity index is 1.80. The van der Waals surface area contributed by atoms with Gasteiger partial charge in [-0.2, -0.15) is 0 Å². The van der Waals surface area contributed by atoms with E-state index in [9.17, 15) is 4.79 Å². The molecule has 0 radical (unpaired) electrons. The number of nitrogens with one attached hydrogen (secondary N) is 1. The predicted octanol–water partition coefficient (Wildman–Crippen LogP) is 3.34. The molecule has 1 saturated carbocycles. The van der Waals surface area contributed by atoms with Crippen molar-refractivity contribution in [2.75, 3.05) is 13.1 Å². The number of carbonyl (C=O) groups is 1. The van der Waals surface area contributed by atoms with Crippen molar-refractivity contribution in [2.45, 2.75) is 83.7 Å². The first-order valence-electron chi connectivity index (χ1n) is 8.75. The van der Waals surface area contributed by atoms with E-state index in [2.05, 4.69) is 24.1 Å². The van der Waals surface area contributed by atoms with Crippen LogP contribution in [0.15, 0.2) is 0 Å². The third-order valence-corrected chi connectivity index (χ3v) is 5.13. The molecule has 1 amide bonds. The van der Waals surface area contributed by atoms with Crippen LogP contribution in [0.1, 0.15) is 71.6 Å². The molecule has 1 saturated heterocycles. The summed E-state index contributed by atoms with van der Waals surface area (Å²) >= 11 is 0. The molecule has 3 heteroatoms. The van der Waals surface area contributed by atoms with Crippen molar-refractivity contribution >= 4 is 5.91 Å². The van der Waals surface area contributed by atoms with Gasteiger partial charge in [-0.1, -0.05) is 39.0 Å². The maximum Gasteiger partial charge on any atom is 0.239 e. The van der Waals surface area contributed by atoms with E-state index in [0.717, 1.165) is 19.0 Å². The molecule has 1 N–H and O–H groups in total. The largest absolute Gasteiger partial charge is 0.341 e. The zero-order valence-corrected chi connectivity index (χ0v) is 13.4. The lowest BCUT2D eigenvalue weighted by atomic mass is 9.84. The number of rotatable bonds is 4. The summed E-state index contributed by atoms with van der Waals surface area (Å²) in [5.41, 5.74) is 0. The van der Waals surface area contributed by atoms with Gasteiger partial charge in [0.2, 0.25) is 5.91 Å². The summed E-state index contributed by atoms with van der Waals surface area (Å²) in [6.07, 6.45) is 11.4. The van der Waals surface area contributed by atoms with E-state index in [0.29, 0.717) is 11.9 Å². The van der Waals surface area contributed by atoms with Crippen molar-refractivity contribution in [1.82, 2.24) is 10.2 Å². The Bertz CT molecular complexity index is 297. The van der Waals surface area contributed by atoms with E-state index in [-0.39, 0.29) is 6.04 Å². The number of hydrogen-bond donors (Lipinski definition) is 1. The van der Waals surface area contributed by atoms with Crippen LogP contribution in [0.2, 0.25) is 0 Å². The molecule has 0 aromatic heterocycles. The van der Waals surface area contributed by atoms with E-state index >= 15 is 0 Å². The Morgan fingerprint density at radius 1 is 1.15 bits per heavy atom. The molecule has 0 aromatic rings. The molecule has 3 atom stereocenters. The molecule has 2 rings (SSSR count). The van der Waals surface area contributed by atoms with Gasteiger partial charge in [-0.05, 0) is 38.5 Å². The monoisotopic (exact) mass is 280 g/mol. The summed E-state index contributed by atoms with van der Waals surface area (Å²) in [6.45, 7) is 6.28. The molecule has 1 aliphatic carbocycles. The van der Waals surface area contributed by atoms with Gasteiger partial charge in [-0.15, -0.1) is 0 Å². The molecule has 0 spiro atoms. The molecule has 0 bridgehead atoms. The normalized spacial score (nSPS) is 29.8. The van der Waals surface area contributed by atoms with Gasteiger partial charge < -0.3 is 10.2 Å². The van der Waals surface area contributed by atoms with Gasteiger partial charge in [0, 0.05) is 19.1 Å². The SMILES string of the molecule is CCC1CCCC(NC(C)C(=O)N2CCCCCC2)C1. The summed E-state index contributed by atoms with van der Waals surface area (Å²) < 4.78 is 0. The van der Waals surface area contributed by atoms with Gasteiger partial charge in [0.05, 0.1) is 6.04 Å². The number of amides is 1. The highest BCUT2D eigenvalue weighted by Crippen LogP contribution is 2.26. The van der Waals surface area contributed by atoms with Crippen LogP contribution in [-0.2, 0) is 4.79 Å². The molecule has 20 heavy (non-hydrogen) atoms. The van der Waals surface area contributed by atoms with Gasteiger partial charge in [0.15, 0.2) is 0 Å². The number of carbonyl (C=O) groups excluding carboxylic acids is 1. The maximum absolute atomic E-state index is 12.5. The van der Waals surface area contributed by atoms with Crippen LogP contribution in [0.4, 0.5) is 0 Å². The fraction of sp³-hybridized carbons (Fsp3) is 0.941. The van der Waals surface area contributed by atoms with Crippen LogP contribution in [0.25, 0.3) is 0 Å². The lowest BCUT2D eigenvalue weighted by Gasteiger charge is -2.32.